The molecular weight excluding hydrogens is 237 g/mol. The van der Waals surface area contributed by atoms with Gasteiger partial charge in [0.1, 0.15) is 0 Å². The maximum atomic E-state index is 4.24. The summed E-state index contributed by atoms with van der Waals surface area (Å²) in [5.74, 6) is 0. The fraction of sp³-hybridized carbons (Fsp3) is 0. The lowest BCUT2D eigenvalue weighted by atomic mass is 10.3. The van der Waals surface area contributed by atoms with Gasteiger partial charge in [-0.15, -0.1) is 0 Å². The summed E-state index contributed by atoms with van der Waals surface area (Å²) in [6, 6.07) is 4.17. The van der Waals surface area contributed by atoms with Crippen molar-refractivity contribution < 1.29 is 0 Å². The smallest absolute Gasteiger partial charge is 0.0759 e. The second kappa shape index (κ2) is 2.62. The van der Waals surface area contributed by atoms with E-state index in [1.165, 1.54) is 3.57 Å². The Labute approximate surface area is 69.5 Å². The molecule has 1 aromatic heterocycles. The third-order valence-electron chi connectivity index (χ3n) is 1.29. The molecule has 0 radical (unpaired) electrons. The predicted octanol–water partition coefficient (Wildman–Crippen LogP) is 2.05. The summed E-state index contributed by atoms with van der Waals surface area (Å²) in [4.78, 5) is 4.24. The molecule has 50 valence electrons. The molecule has 0 saturated heterocycles. The minimum atomic E-state index is 0.121. The highest BCUT2D eigenvalue weighted by molar-refractivity contribution is 14.2. The molecule has 0 amide bonds. The van der Waals surface area contributed by atoms with E-state index in [2.05, 4.69) is 27.2 Å². The van der Waals surface area contributed by atoms with Crippen LogP contribution in [-0.4, -0.2) is 9.00 Å². The summed E-state index contributed by atoms with van der Waals surface area (Å²) in [5.41, 5.74) is 1.16. The number of hydrogen-bond acceptors (Lipinski definition) is 1. The number of fused-ring (bicyclic) bond motifs is 1. The largest absolute Gasteiger partial charge is 0.256 e. The van der Waals surface area contributed by atoms with Crippen molar-refractivity contribution in [2.45, 2.75) is 0 Å². The molecule has 1 aliphatic heterocycles. The molecule has 0 saturated carbocycles. The topological polar surface area (TPSA) is 12.9 Å². The molecule has 2 heteroatoms. The molecule has 0 spiro atoms. The first kappa shape index (κ1) is 6.22. The first-order chi connectivity index (χ1) is 4.97. The van der Waals surface area contributed by atoms with E-state index in [4.69, 9.17) is 0 Å². The van der Waals surface area contributed by atoms with Crippen molar-refractivity contribution in [3.8, 4) is 0 Å². The molecule has 0 N–H and O–H groups in total. The van der Waals surface area contributed by atoms with Gasteiger partial charge in [-0.25, -0.2) is 0 Å². The molecule has 1 nitrogen and oxygen atoms in total. The lowest BCUT2D eigenvalue weighted by molar-refractivity contribution is 1.27. The fourth-order valence-corrected chi connectivity index (χ4v) is 2.70. The standard InChI is InChI=1S/C8H6IN/c1-4-8-7(9-5-1)3-2-6-10-8/h1-6H. The Kier molecular flexibility index (Phi) is 1.63. The van der Waals surface area contributed by atoms with Crippen LogP contribution in [0.2, 0.25) is 0 Å². The zero-order valence-corrected chi connectivity index (χ0v) is 7.45. The van der Waals surface area contributed by atoms with Crippen LogP contribution < -0.4 is 0 Å². The zero-order chi connectivity index (χ0) is 6.81. The summed E-state index contributed by atoms with van der Waals surface area (Å²) in [7, 11) is 0. The average molecular weight is 243 g/mol. The number of pyridine rings is 1. The van der Waals surface area contributed by atoms with Crippen molar-refractivity contribution in [3.05, 3.63) is 33.7 Å². The van der Waals surface area contributed by atoms with E-state index in [1.807, 2.05) is 12.3 Å². The van der Waals surface area contributed by atoms with Gasteiger partial charge in [0.2, 0.25) is 0 Å². The van der Waals surface area contributed by atoms with Crippen LogP contribution in [0.3, 0.4) is 0 Å². The van der Waals surface area contributed by atoms with E-state index in [-0.39, 0.29) is 20.7 Å². The van der Waals surface area contributed by atoms with Gasteiger partial charge in [-0.2, -0.15) is 0 Å². The van der Waals surface area contributed by atoms with Crippen LogP contribution in [0.4, 0.5) is 0 Å². The number of aromatic nitrogens is 1. The van der Waals surface area contributed by atoms with Crippen LogP contribution in [0.1, 0.15) is 5.69 Å². The van der Waals surface area contributed by atoms with Crippen LogP contribution in [-0.2, 0) is 0 Å². The highest BCUT2D eigenvalue weighted by atomic mass is 127. The number of nitrogens with zero attached hydrogens (tertiary/aromatic N) is 1. The Morgan fingerprint density at radius 3 is 3.30 bits per heavy atom. The molecule has 0 atom stereocenters. The van der Waals surface area contributed by atoms with Gasteiger partial charge in [0.25, 0.3) is 0 Å². The van der Waals surface area contributed by atoms with Crippen molar-refractivity contribution in [2.24, 2.45) is 0 Å². The minimum absolute atomic E-state index is 0.121. The third-order valence-corrected chi connectivity index (χ3v) is 3.65. The van der Waals surface area contributed by atoms with Gasteiger partial charge in [-0.05, 0) is 22.2 Å². The minimum Gasteiger partial charge on any atom is -0.256 e. The summed E-state index contributed by atoms with van der Waals surface area (Å²) in [6.45, 7) is 0. The second-order valence-corrected chi connectivity index (χ2v) is 4.47. The monoisotopic (exact) mass is 243 g/mol. The van der Waals surface area contributed by atoms with E-state index in [1.54, 1.807) is 0 Å². The van der Waals surface area contributed by atoms with Crippen LogP contribution in [0.25, 0.3) is 6.08 Å². The summed E-state index contributed by atoms with van der Waals surface area (Å²) in [5, 5.41) is 0. The van der Waals surface area contributed by atoms with Gasteiger partial charge in [0.05, 0.1) is 5.69 Å². The van der Waals surface area contributed by atoms with Crippen LogP contribution in [0, 0.1) is 3.57 Å². The Bertz CT molecular complexity index is 271. The van der Waals surface area contributed by atoms with E-state index >= 15 is 0 Å². The first-order valence-corrected chi connectivity index (χ1v) is 5.37. The Morgan fingerprint density at radius 2 is 2.40 bits per heavy atom. The zero-order valence-electron chi connectivity index (χ0n) is 5.29. The molecule has 10 heavy (non-hydrogen) atoms. The van der Waals surface area contributed by atoms with Crippen molar-refractivity contribution in [1.82, 2.24) is 4.98 Å². The van der Waals surface area contributed by atoms with Gasteiger partial charge in [-0.3, -0.25) is 4.98 Å². The van der Waals surface area contributed by atoms with Crippen LogP contribution in [0.5, 0.6) is 0 Å². The number of halogens is 1. The summed E-state index contributed by atoms with van der Waals surface area (Å²) in [6.07, 6.45) is 6.01. The van der Waals surface area contributed by atoms with Crippen molar-refractivity contribution in [1.29, 1.82) is 0 Å². The normalized spacial score (nSPS) is 14.0. The van der Waals surface area contributed by atoms with E-state index < -0.39 is 0 Å². The molecule has 0 aliphatic carbocycles. The molecule has 0 aromatic carbocycles. The molecule has 2 rings (SSSR count). The molecule has 2 heterocycles. The molecule has 0 fully saturated rings. The average Bonchev–Trinajstić information content (AvgIpc) is 2.05. The molecule has 0 unspecified atom stereocenters. The van der Waals surface area contributed by atoms with E-state index in [0.29, 0.717) is 0 Å². The van der Waals surface area contributed by atoms with Gasteiger partial charge in [0.15, 0.2) is 0 Å². The van der Waals surface area contributed by atoms with Crippen LogP contribution >= 0.6 is 20.7 Å². The Balaban J connectivity index is 2.65. The van der Waals surface area contributed by atoms with Gasteiger partial charge < -0.3 is 0 Å². The first-order valence-electron chi connectivity index (χ1n) is 3.05. The Hall–Kier alpha value is -0.510. The molecule has 1 aromatic rings. The maximum Gasteiger partial charge on any atom is 0.0759 e. The number of allylic oxidation sites excluding steroid dienone is 1. The van der Waals surface area contributed by atoms with Crippen molar-refractivity contribution in [2.75, 3.05) is 0 Å². The van der Waals surface area contributed by atoms with Crippen LogP contribution in [0.15, 0.2) is 24.4 Å². The number of rotatable bonds is 0. The quantitative estimate of drug-likeness (QED) is 0.635. The van der Waals surface area contributed by atoms with Crippen molar-refractivity contribution in [3.63, 3.8) is 0 Å². The molecule has 0 bridgehead atoms. The number of hydrogen-bond donors (Lipinski definition) is 0. The van der Waals surface area contributed by atoms with Gasteiger partial charge >= 0.3 is 0 Å². The SMILES string of the molecule is C1=Cc2ncccc2I=C1. The highest BCUT2D eigenvalue weighted by Crippen LogP contribution is 2.18. The molecular formula is C8H6IN. The second-order valence-electron chi connectivity index (χ2n) is 1.96. The Morgan fingerprint density at radius 1 is 1.40 bits per heavy atom. The van der Waals surface area contributed by atoms with Crippen molar-refractivity contribution >= 4 is 30.8 Å². The van der Waals surface area contributed by atoms with E-state index in [9.17, 15) is 0 Å². The fourth-order valence-electron chi connectivity index (χ4n) is 0.845. The molecule has 1 aliphatic rings. The maximum absolute atomic E-state index is 4.24. The highest BCUT2D eigenvalue weighted by Gasteiger charge is 1.97. The van der Waals surface area contributed by atoms with E-state index in [0.717, 1.165) is 5.69 Å². The van der Waals surface area contributed by atoms with Gasteiger partial charge in [0, 0.05) is 9.77 Å². The lowest BCUT2D eigenvalue weighted by Gasteiger charge is -1.99. The lowest BCUT2D eigenvalue weighted by Crippen LogP contribution is -1.87. The predicted molar refractivity (Wildman–Crippen MR) is 52.1 cm³/mol. The van der Waals surface area contributed by atoms with Gasteiger partial charge in [-0.1, -0.05) is 26.8 Å². The third kappa shape index (κ3) is 1.03. The summed E-state index contributed by atoms with van der Waals surface area (Å²) < 4.78 is 3.69. The summed E-state index contributed by atoms with van der Waals surface area (Å²) >= 11 is 0.121.